The number of nitrogens with zero attached hydrogens (tertiary/aromatic N) is 2. The molecule has 4 nitrogen and oxygen atoms in total. The quantitative estimate of drug-likeness (QED) is 0.757. The van der Waals surface area contributed by atoms with Gasteiger partial charge in [-0.1, -0.05) is 20.8 Å². The van der Waals surface area contributed by atoms with Crippen LogP contribution in [-0.2, 0) is 0 Å². The lowest BCUT2D eigenvalue weighted by atomic mass is 9.70. The summed E-state index contributed by atoms with van der Waals surface area (Å²) in [6, 6.07) is 1.34. The number of hydrogen-bond donors (Lipinski definition) is 2. The predicted octanol–water partition coefficient (Wildman–Crippen LogP) is 2.22. The molecule has 2 fully saturated rings. The van der Waals surface area contributed by atoms with Crippen molar-refractivity contribution in [3.63, 3.8) is 0 Å². The number of nitrogens with one attached hydrogen (secondary N) is 2. The maximum atomic E-state index is 3.94. The second kappa shape index (κ2) is 6.62. The summed E-state index contributed by atoms with van der Waals surface area (Å²) in [7, 11) is 11.6. The number of hydrogen-bond acceptors (Lipinski definition) is 2. The van der Waals surface area contributed by atoms with Crippen molar-refractivity contribution in [3.8, 4) is 0 Å². The molecule has 0 spiro atoms. The molecular weight excluding hydrogens is 284 g/mol. The lowest BCUT2D eigenvalue weighted by Gasteiger charge is -2.38. The van der Waals surface area contributed by atoms with E-state index in [2.05, 4.69) is 66.6 Å². The van der Waals surface area contributed by atoms with Gasteiger partial charge in [0.2, 0.25) is 0 Å². The monoisotopic (exact) mass is 326 g/mol. The molecule has 4 heteroatoms. The van der Waals surface area contributed by atoms with Crippen LogP contribution in [-0.4, -0.2) is 75.7 Å². The first-order valence-corrected chi connectivity index (χ1v) is 9.54. The molecule has 4 unspecified atom stereocenters. The average Bonchev–Trinajstić information content (AvgIpc) is 2.79. The summed E-state index contributed by atoms with van der Waals surface area (Å²) in [4.78, 5) is 0. The Labute approximate surface area is 144 Å². The van der Waals surface area contributed by atoms with E-state index in [4.69, 9.17) is 0 Å². The van der Waals surface area contributed by atoms with Crippen molar-refractivity contribution in [3.05, 3.63) is 0 Å². The van der Waals surface area contributed by atoms with E-state index in [1.165, 1.54) is 38.8 Å². The molecule has 2 N–H and O–H groups in total. The molecule has 1 heterocycles. The van der Waals surface area contributed by atoms with Crippen LogP contribution in [0, 0.1) is 11.3 Å². The van der Waals surface area contributed by atoms with Crippen molar-refractivity contribution in [1.29, 1.82) is 0 Å². The Kier molecular flexibility index (Phi) is 5.52. The first-order chi connectivity index (χ1) is 10.4. The molecule has 1 saturated heterocycles. The van der Waals surface area contributed by atoms with Crippen LogP contribution in [0.15, 0.2) is 0 Å². The predicted molar refractivity (Wildman–Crippen MR) is 98.9 cm³/mol. The smallest absolute Gasteiger partial charge is 0.200 e. The molecule has 0 aromatic carbocycles. The van der Waals surface area contributed by atoms with Gasteiger partial charge in [0.15, 0.2) is 6.29 Å². The molecule has 2 aliphatic rings. The average molecular weight is 327 g/mol. The van der Waals surface area contributed by atoms with Crippen LogP contribution in [0.5, 0.6) is 0 Å². The highest BCUT2D eigenvalue weighted by Crippen LogP contribution is 2.39. The lowest BCUT2D eigenvalue weighted by Crippen LogP contribution is -2.60. The Balaban J connectivity index is 1.88. The second-order valence-electron chi connectivity index (χ2n) is 10.7. The van der Waals surface area contributed by atoms with E-state index >= 15 is 0 Å². The van der Waals surface area contributed by atoms with Gasteiger partial charge < -0.3 is 8.97 Å². The van der Waals surface area contributed by atoms with E-state index in [9.17, 15) is 0 Å². The molecule has 4 atom stereocenters. The highest BCUT2D eigenvalue weighted by molar-refractivity contribution is 4.97. The molecule has 1 aliphatic heterocycles. The summed E-state index contributed by atoms with van der Waals surface area (Å²) in [6.07, 6.45) is 5.72. The van der Waals surface area contributed by atoms with Crippen LogP contribution >= 0.6 is 0 Å². The van der Waals surface area contributed by atoms with Crippen molar-refractivity contribution in [2.45, 2.75) is 64.8 Å². The summed E-state index contributed by atoms with van der Waals surface area (Å²) < 4.78 is 2.09. The molecule has 0 aromatic rings. The molecule has 0 aromatic heterocycles. The zero-order valence-corrected chi connectivity index (χ0v) is 16.9. The lowest BCUT2D eigenvalue weighted by molar-refractivity contribution is -0.926. The fourth-order valence-corrected chi connectivity index (χ4v) is 4.28. The normalized spacial score (nSPS) is 32.9. The van der Waals surface area contributed by atoms with E-state index in [0.717, 1.165) is 14.9 Å². The molecule has 1 saturated carbocycles. The first kappa shape index (κ1) is 19.2. The maximum Gasteiger partial charge on any atom is 0.200 e. The molecular formula is C19H42N4+2. The van der Waals surface area contributed by atoms with Gasteiger partial charge in [0.1, 0.15) is 0 Å². The summed E-state index contributed by atoms with van der Waals surface area (Å²) in [6.45, 7) is 9.68. The van der Waals surface area contributed by atoms with Crippen LogP contribution in [0.1, 0.15) is 46.5 Å². The third kappa shape index (κ3) is 5.15. The van der Waals surface area contributed by atoms with E-state index in [0.29, 0.717) is 23.8 Å². The molecule has 0 amide bonds. The first-order valence-electron chi connectivity index (χ1n) is 9.54. The Hall–Kier alpha value is -0.160. The Morgan fingerprint density at radius 1 is 0.870 bits per heavy atom. The van der Waals surface area contributed by atoms with Crippen molar-refractivity contribution in [2.75, 3.05) is 48.3 Å². The maximum absolute atomic E-state index is 3.94. The summed E-state index contributed by atoms with van der Waals surface area (Å²) in [5, 5.41) is 7.85. The summed E-state index contributed by atoms with van der Waals surface area (Å²) in [5.41, 5.74) is 0.444. The molecule has 0 radical (unpaired) electrons. The van der Waals surface area contributed by atoms with E-state index in [1.54, 1.807) is 0 Å². The molecule has 2 rings (SSSR count). The second-order valence-corrected chi connectivity index (χ2v) is 10.7. The van der Waals surface area contributed by atoms with Crippen molar-refractivity contribution in [2.24, 2.45) is 11.3 Å². The highest BCUT2D eigenvalue weighted by Gasteiger charge is 2.45. The van der Waals surface area contributed by atoms with Crippen LogP contribution < -0.4 is 10.6 Å². The summed E-state index contributed by atoms with van der Waals surface area (Å²) >= 11 is 0. The molecule has 1 aliphatic carbocycles. The topological polar surface area (TPSA) is 24.1 Å². The minimum Gasteiger partial charge on any atom is -0.331 e. The van der Waals surface area contributed by atoms with Gasteiger partial charge in [-0.15, -0.1) is 0 Å². The van der Waals surface area contributed by atoms with E-state index in [1.807, 2.05) is 0 Å². The van der Waals surface area contributed by atoms with Gasteiger partial charge >= 0.3 is 0 Å². The Morgan fingerprint density at radius 3 is 2.04 bits per heavy atom. The summed E-state index contributed by atoms with van der Waals surface area (Å²) in [5.74, 6) is 0.852. The van der Waals surface area contributed by atoms with E-state index < -0.39 is 0 Å². The van der Waals surface area contributed by atoms with Gasteiger partial charge in [-0.05, 0) is 30.6 Å². The zero-order valence-electron chi connectivity index (χ0n) is 16.9. The third-order valence-electron chi connectivity index (χ3n) is 6.08. The van der Waals surface area contributed by atoms with Gasteiger partial charge in [0.25, 0.3) is 0 Å². The largest absolute Gasteiger partial charge is 0.331 e. The van der Waals surface area contributed by atoms with Gasteiger partial charge in [0, 0.05) is 18.5 Å². The standard InChI is InChI=1S/C19H42N4/c1-19(2,3)15-10-11-16-17(14-15)21-18(20-16)23(7,8)13-9-12-22(4,5)6/h15-18,20-21H,9-14H2,1-8H3/q+2. The van der Waals surface area contributed by atoms with Crippen LogP contribution in [0.4, 0.5) is 0 Å². The van der Waals surface area contributed by atoms with Crippen LogP contribution in [0.25, 0.3) is 0 Å². The van der Waals surface area contributed by atoms with Gasteiger partial charge in [-0.3, -0.25) is 0 Å². The fraction of sp³-hybridized carbons (Fsp3) is 1.00. The number of rotatable bonds is 5. The van der Waals surface area contributed by atoms with Gasteiger partial charge in [0.05, 0.1) is 48.3 Å². The zero-order chi connectivity index (χ0) is 17.5. The number of fused-ring (bicyclic) bond motifs is 1. The minimum absolute atomic E-state index is 0.413. The van der Waals surface area contributed by atoms with Crippen LogP contribution in [0.3, 0.4) is 0 Å². The fourth-order valence-electron chi connectivity index (χ4n) is 4.28. The number of quaternary nitrogens is 2. The Morgan fingerprint density at radius 2 is 1.48 bits per heavy atom. The van der Waals surface area contributed by atoms with Crippen molar-refractivity contribution < 1.29 is 8.97 Å². The van der Waals surface area contributed by atoms with Gasteiger partial charge in [-0.2, -0.15) is 0 Å². The van der Waals surface area contributed by atoms with E-state index in [-0.39, 0.29) is 0 Å². The van der Waals surface area contributed by atoms with Crippen molar-refractivity contribution in [1.82, 2.24) is 10.6 Å². The van der Waals surface area contributed by atoms with Crippen molar-refractivity contribution >= 4 is 0 Å². The highest BCUT2D eigenvalue weighted by atomic mass is 15.5. The minimum atomic E-state index is 0.413. The SMILES string of the molecule is CC(C)(C)C1CCC2NC([N+](C)(C)CCC[N+](C)(C)C)NC2C1. The molecule has 136 valence electrons. The molecule has 0 bridgehead atoms. The van der Waals surface area contributed by atoms with Crippen LogP contribution in [0.2, 0.25) is 0 Å². The third-order valence-corrected chi connectivity index (χ3v) is 6.08. The Bertz CT molecular complexity index is 391. The molecule has 23 heavy (non-hydrogen) atoms. The van der Waals surface area contributed by atoms with Gasteiger partial charge in [-0.25, -0.2) is 10.6 Å².